The summed E-state index contributed by atoms with van der Waals surface area (Å²) in [5, 5.41) is 8.62. The molecule has 3 fully saturated rings. The summed E-state index contributed by atoms with van der Waals surface area (Å²) < 4.78 is 7.99. The molecule has 208 valence electrons. The number of rotatable bonds is 11. The summed E-state index contributed by atoms with van der Waals surface area (Å²) in [6.07, 6.45) is 10.7. The number of anilines is 2. The highest BCUT2D eigenvalue weighted by atomic mass is 16.5. The lowest BCUT2D eigenvalue weighted by Crippen LogP contribution is -2.48. The fourth-order valence-corrected chi connectivity index (χ4v) is 5.52. The number of ether oxygens (including phenoxy) is 1. The molecule has 10 heteroatoms. The summed E-state index contributed by atoms with van der Waals surface area (Å²) in [5.74, 6) is 3.55. The second-order valence-corrected chi connectivity index (χ2v) is 11.3. The monoisotopic (exact) mass is 532 g/mol. The van der Waals surface area contributed by atoms with Crippen LogP contribution in [0.5, 0.6) is 5.88 Å². The Labute approximate surface area is 230 Å². The van der Waals surface area contributed by atoms with Gasteiger partial charge in [-0.25, -0.2) is 9.97 Å². The van der Waals surface area contributed by atoms with Crippen molar-refractivity contribution < 1.29 is 9.53 Å². The summed E-state index contributed by atoms with van der Waals surface area (Å²) in [6.45, 7) is 9.57. The second kappa shape index (κ2) is 11.0. The van der Waals surface area contributed by atoms with Crippen molar-refractivity contribution in [3.8, 4) is 5.88 Å². The molecule has 1 amide bonds. The molecule has 1 N–H and O–H groups in total. The topological polar surface area (TPSA) is 101 Å². The molecule has 3 aromatic rings. The van der Waals surface area contributed by atoms with Gasteiger partial charge < -0.3 is 19.9 Å². The van der Waals surface area contributed by atoms with E-state index in [1.807, 2.05) is 23.4 Å². The number of pyridine rings is 1. The van der Waals surface area contributed by atoms with E-state index in [0.717, 1.165) is 41.9 Å². The Hall–Kier alpha value is -3.43. The molecule has 0 spiro atoms. The van der Waals surface area contributed by atoms with Crippen LogP contribution in [0.2, 0.25) is 0 Å². The van der Waals surface area contributed by atoms with Crippen molar-refractivity contribution in [3.63, 3.8) is 0 Å². The number of piperazine rings is 1. The smallest absolute Gasteiger partial charge is 0.228 e. The average molecular weight is 533 g/mol. The standard InChI is InChI=1S/C29H40N8O2/c1-4-23(5-2)37-27-24(17-31-37)32-29(36-14-12-35(13-15-36)19(3)38)34-28(27)33-26(21-8-9-21)22-10-11-25(30-16-22)39-18-20-6-7-20/h10-11,16-17,20-21,23,26H,4-9,12-15,18H2,1-3H3,(H,32,33,34). The van der Waals surface area contributed by atoms with Crippen LogP contribution in [-0.2, 0) is 4.79 Å². The molecule has 1 atom stereocenters. The molecule has 0 aromatic carbocycles. The number of hydrogen-bond donors (Lipinski definition) is 1. The van der Waals surface area contributed by atoms with Crippen LogP contribution in [0.1, 0.15) is 76.9 Å². The quantitative estimate of drug-likeness (QED) is 0.382. The van der Waals surface area contributed by atoms with Crippen LogP contribution in [0.3, 0.4) is 0 Å². The van der Waals surface area contributed by atoms with Crippen molar-refractivity contribution in [2.24, 2.45) is 11.8 Å². The zero-order chi connectivity index (χ0) is 26.9. The molecule has 1 saturated heterocycles. The number of carbonyl (C=O) groups is 1. The van der Waals surface area contributed by atoms with E-state index >= 15 is 0 Å². The average Bonchev–Trinajstić information content (AvgIpc) is 3.90. The number of nitrogens with one attached hydrogen (secondary N) is 1. The van der Waals surface area contributed by atoms with Crippen molar-refractivity contribution in [2.75, 3.05) is 43.0 Å². The number of nitrogens with zero attached hydrogens (tertiary/aromatic N) is 7. The van der Waals surface area contributed by atoms with Crippen LogP contribution < -0.4 is 15.0 Å². The van der Waals surface area contributed by atoms with Gasteiger partial charge in [-0.1, -0.05) is 19.9 Å². The Kier molecular flexibility index (Phi) is 7.27. The summed E-state index contributed by atoms with van der Waals surface area (Å²) >= 11 is 0. The van der Waals surface area contributed by atoms with E-state index in [9.17, 15) is 4.79 Å². The fourth-order valence-electron chi connectivity index (χ4n) is 5.52. The number of hydrogen-bond acceptors (Lipinski definition) is 8. The zero-order valence-corrected chi connectivity index (χ0v) is 23.3. The summed E-state index contributed by atoms with van der Waals surface area (Å²) in [5.41, 5.74) is 2.95. The van der Waals surface area contributed by atoms with Crippen LogP contribution in [0, 0.1) is 11.8 Å². The number of fused-ring (bicyclic) bond motifs is 1. The van der Waals surface area contributed by atoms with Gasteiger partial charge in [-0.15, -0.1) is 0 Å². The van der Waals surface area contributed by atoms with E-state index in [1.54, 1.807) is 6.92 Å². The van der Waals surface area contributed by atoms with E-state index in [4.69, 9.17) is 19.8 Å². The van der Waals surface area contributed by atoms with Gasteiger partial charge in [0.05, 0.1) is 24.9 Å². The van der Waals surface area contributed by atoms with Crippen LogP contribution in [0.4, 0.5) is 11.8 Å². The molecule has 0 bridgehead atoms. The third-order valence-electron chi connectivity index (χ3n) is 8.40. The van der Waals surface area contributed by atoms with Gasteiger partial charge in [0.15, 0.2) is 5.82 Å². The molecule has 3 aromatic heterocycles. The van der Waals surface area contributed by atoms with Gasteiger partial charge in [-0.2, -0.15) is 10.1 Å². The third kappa shape index (κ3) is 5.65. The molecule has 1 unspecified atom stereocenters. The van der Waals surface area contributed by atoms with Crippen LogP contribution >= 0.6 is 0 Å². The van der Waals surface area contributed by atoms with Crippen LogP contribution in [0.15, 0.2) is 24.5 Å². The molecule has 6 rings (SSSR count). The first-order valence-corrected chi connectivity index (χ1v) is 14.6. The van der Waals surface area contributed by atoms with Crippen molar-refractivity contribution in [1.82, 2.24) is 29.6 Å². The van der Waals surface area contributed by atoms with E-state index in [1.165, 1.54) is 25.7 Å². The minimum atomic E-state index is 0.0977. The fraction of sp³-hybridized carbons (Fsp3) is 0.621. The van der Waals surface area contributed by atoms with E-state index in [-0.39, 0.29) is 18.0 Å². The summed E-state index contributed by atoms with van der Waals surface area (Å²) in [4.78, 5) is 30.6. The second-order valence-electron chi connectivity index (χ2n) is 11.3. The van der Waals surface area contributed by atoms with Crippen molar-refractivity contribution in [1.29, 1.82) is 0 Å². The minimum absolute atomic E-state index is 0.0977. The molecule has 39 heavy (non-hydrogen) atoms. The predicted octanol–water partition coefficient (Wildman–Crippen LogP) is 4.60. The van der Waals surface area contributed by atoms with Gasteiger partial charge in [0.2, 0.25) is 17.7 Å². The molecule has 3 aliphatic rings. The maximum absolute atomic E-state index is 11.9. The van der Waals surface area contributed by atoms with Crippen molar-refractivity contribution in [3.05, 3.63) is 30.1 Å². The Morgan fingerprint density at radius 1 is 1.05 bits per heavy atom. The van der Waals surface area contributed by atoms with E-state index < -0.39 is 0 Å². The lowest BCUT2D eigenvalue weighted by Gasteiger charge is -2.34. The first-order valence-electron chi connectivity index (χ1n) is 14.6. The Morgan fingerprint density at radius 2 is 1.82 bits per heavy atom. The van der Waals surface area contributed by atoms with Gasteiger partial charge in [0, 0.05) is 45.4 Å². The number of aromatic nitrogens is 5. The van der Waals surface area contributed by atoms with Crippen molar-refractivity contribution >= 4 is 28.7 Å². The Balaban J connectivity index is 1.32. The maximum atomic E-state index is 11.9. The lowest BCUT2D eigenvalue weighted by molar-refractivity contribution is -0.129. The highest BCUT2D eigenvalue weighted by Gasteiger charge is 2.34. The van der Waals surface area contributed by atoms with E-state index in [2.05, 4.69) is 39.8 Å². The van der Waals surface area contributed by atoms with Gasteiger partial charge in [-0.05, 0) is 55.9 Å². The molecular weight excluding hydrogens is 492 g/mol. The largest absolute Gasteiger partial charge is 0.477 e. The molecule has 10 nitrogen and oxygen atoms in total. The van der Waals surface area contributed by atoms with Gasteiger partial charge in [0.1, 0.15) is 11.0 Å². The Bertz CT molecular complexity index is 1290. The molecule has 4 heterocycles. The van der Waals surface area contributed by atoms with Crippen LogP contribution in [-0.4, -0.2) is 68.3 Å². The molecule has 1 aliphatic heterocycles. The normalized spacial score (nSPS) is 18.6. The van der Waals surface area contributed by atoms with Gasteiger partial charge >= 0.3 is 0 Å². The highest BCUT2D eigenvalue weighted by Crippen LogP contribution is 2.44. The number of amides is 1. The van der Waals surface area contributed by atoms with Gasteiger partial charge in [-0.3, -0.25) is 9.48 Å². The first kappa shape index (κ1) is 25.8. The Morgan fingerprint density at radius 3 is 2.44 bits per heavy atom. The van der Waals surface area contributed by atoms with Crippen molar-refractivity contribution in [2.45, 2.75) is 71.4 Å². The minimum Gasteiger partial charge on any atom is -0.477 e. The zero-order valence-electron chi connectivity index (χ0n) is 23.3. The summed E-state index contributed by atoms with van der Waals surface area (Å²) in [6, 6.07) is 4.52. The predicted molar refractivity (Wildman–Crippen MR) is 151 cm³/mol. The SMILES string of the molecule is CCC(CC)n1ncc2nc(N3CCN(C(C)=O)CC3)nc(NC(c3ccc(OCC4CC4)nc3)C3CC3)c21. The molecule has 2 saturated carbocycles. The summed E-state index contributed by atoms with van der Waals surface area (Å²) in [7, 11) is 0. The number of carbonyl (C=O) groups excluding carboxylic acids is 1. The maximum Gasteiger partial charge on any atom is 0.228 e. The molecular formula is C29H40N8O2. The first-order chi connectivity index (χ1) is 19.0. The lowest BCUT2D eigenvalue weighted by atomic mass is 10.0. The highest BCUT2D eigenvalue weighted by molar-refractivity contribution is 5.87. The third-order valence-corrected chi connectivity index (χ3v) is 8.40. The molecule has 2 aliphatic carbocycles. The van der Waals surface area contributed by atoms with E-state index in [0.29, 0.717) is 49.8 Å². The van der Waals surface area contributed by atoms with Crippen LogP contribution in [0.25, 0.3) is 11.0 Å². The molecule has 0 radical (unpaired) electrons. The van der Waals surface area contributed by atoms with Gasteiger partial charge in [0.25, 0.3) is 0 Å².